The number of allylic oxidation sites excluding steroid dienone is 1. The average molecular weight is 472 g/mol. The summed E-state index contributed by atoms with van der Waals surface area (Å²) >= 11 is 1.24. The van der Waals surface area contributed by atoms with Gasteiger partial charge in [-0.05, 0) is 19.9 Å². The highest BCUT2D eigenvalue weighted by atomic mass is 32.1. The van der Waals surface area contributed by atoms with E-state index in [2.05, 4.69) is 35.3 Å². The van der Waals surface area contributed by atoms with E-state index in [9.17, 15) is 4.79 Å². The highest BCUT2D eigenvalue weighted by Crippen LogP contribution is 2.28. The summed E-state index contributed by atoms with van der Waals surface area (Å²) in [5, 5.41) is 7.12. The number of hydrogen-bond donors (Lipinski definition) is 2. The number of nitrogens with zero attached hydrogens (tertiary/aromatic N) is 7. The van der Waals surface area contributed by atoms with Crippen LogP contribution in [0.1, 0.15) is 22.3 Å². The lowest BCUT2D eigenvalue weighted by molar-refractivity contribution is 0.0531. The molecule has 0 unspecified atom stereocenters. The minimum Gasteiger partial charge on any atom is -0.462 e. The Morgan fingerprint density at radius 3 is 2.85 bits per heavy atom. The Balaban J connectivity index is 1.59. The van der Waals surface area contributed by atoms with E-state index in [4.69, 9.17) is 14.7 Å². The average Bonchev–Trinajstić information content (AvgIpc) is 3.20. The van der Waals surface area contributed by atoms with Crippen molar-refractivity contribution in [1.29, 1.82) is 0 Å². The fraction of sp³-hybridized carbons (Fsp3) is 0.476. The zero-order valence-electron chi connectivity index (χ0n) is 19.1. The van der Waals surface area contributed by atoms with Gasteiger partial charge in [0.15, 0.2) is 5.13 Å². The molecule has 2 N–H and O–H groups in total. The molecule has 2 aliphatic heterocycles. The first-order valence-electron chi connectivity index (χ1n) is 10.9. The molecule has 2 aromatic heterocycles. The molecule has 4 rings (SSSR count). The maximum Gasteiger partial charge on any atom is 0.350 e. The summed E-state index contributed by atoms with van der Waals surface area (Å²) in [5.41, 5.74) is 0.619. The number of rotatable bonds is 8. The van der Waals surface area contributed by atoms with E-state index in [-0.39, 0.29) is 5.97 Å². The van der Waals surface area contributed by atoms with E-state index in [1.54, 1.807) is 20.1 Å². The molecule has 2 aliphatic rings. The highest BCUT2D eigenvalue weighted by Gasteiger charge is 2.20. The number of nitrogens with one attached hydrogen (secondary N) is 2. The van der Waals surface area contributed by atoms with Crippen LogP contribution in [0, 0.1) is 6.92 Å². The van der Waals surface area contributed by atoms with E-state index in [1.165, 1.54) is 11.3 Å². The van der Waals surface area contributed by atoms with Gasteiger partial charge in [0, 0.05) is 51.7 Å². The smallest absolute Gasteiger partial charge is 0.350 e. The van der Waals surface area contributed by atoms with Crippen LogP contribution in [0.3, 0.4) is 0 Å². The predicted molar refractivity (Wildman–Crippen MR) is 131 cm³/mol. The monoisotopic (exact) mass is 471 g/mol. The SMILES string of the molecule is CCOC(=O)c1sc(Nc2nc(N(C)CN3C=CC=NC3)cc(N3CCNCC3)n2)nc1C. The molecule has 0 amide bonds. The number of carbonyl (C=O) groups is 1. The Kier molecular flexibility index (Phi) is 7.35. The molecule has 11 nitrogen and oxygen atoms in total. The molecular weight excluding hydrogens is 442 g/mol. The van der Waals surface area contributed by atoms with Gasteiger partial charge in [0.25, 0.3) is 0 Å². The fourth-order valence-corrected chi connectivity index (χ4v) is 4.37. The molecular formula is C21H29N9O2S. The van der Waals surface area contributed by atoms with Crippen LogP contribution in [0.4, 0.5) is 22.7 Å². The summed E-state index contributed by atoms with van der Waals surface area (Å²) in [5.74, 6) is 1.70. The van der Waals surface area contributed by atoms with E-state index >= 15 is 0 Å². The molecule has 0 aliphatic carbocycles. The number of esters is 1. The molecule has 33 heavy (non-hydrogen) atoms. The highest BCUT2D eigenvalue weighted by molar-refractivity contribution is 7.17. The van der Waals surface area contributed by atoms with Crippen LogP contribution in [0.25, 0.3) is 0 Å². The molecule has 176 valence electrons. The largest absolute Gasteiger partial charge is 0.462 e. The first-order valence-corrected chi connectivity index (χ1v) is 11.7. The summed E-state index contributed by atoms with van der Waals surface area (Å²) in [6, 6.07) is 2.00. The van der Waals surface area contributed by atoms with E-state index in [0.29, 0.717) is 41.6 Å². The van der Waals surface area contributed by atoms with Crippen LogP contribution in [0.5, 0.6) is 0 Å². The Morgan fingerprint density at radius 1 is 1.30 bits per heavy atom. The lowest BCUT2D eigenvalue weighted by Crippen LogP contribution is -2.44. The van der Waals surface area contributed by atoms with Gasteiger partial charge in [0.2, 0.25) is 5.95 Å². The quantitative estimate of drug-likeness (QED) is 0.553. The molecule has 4 heterocycles. The topological polar surface area (TPSA) is 111 Å². The van der Waals surface area contributed by atoms with Crippen molar-refractivity contribution in [2.45, 2.75) is 13.8 Å². The summed E-state index contributed by atoms with van der Waals surface area (Å²) in [6.07, 6.45) is 5.73. The van der Waals surface area contributed by atoms with Crippen molar-refractivity contribution in [3.8, 4) is 0 Å². The van der Waals surface area contributed by atoms with Crippen LogP contribution in [0.15, 0.2) is 23.3 Å². The van der Waals surface area contributed by atoms with Crippen LogP contribution in [-0.2, 0) is 4.74 Å². The lowest BCUT2D eigenvalue weighted by atomic mass is 10.3. The van der Waals surface area contributed by atoms with Crippen molar-refractivity contribution >= 4 is 46.2 Å². The molecule has 0 radical (unpaired) electrons. The van der Waals surface area contributed by atoms with Crippen molar-refractivity contribution in [2.75, 3.05) is 68.3 Å². The number of carbonyl (C=O) groups excluding carboxylic acids is 1. The molecule has 2 aromatic rings. The molecule has 0 spiro atoms. The number of piperazine rings is 1. The minimum absolute atomic E-state index is 0.321. The van der Waals surface area contributed by atoms with Gasteiger partial charge >= 0.3 is 5.97 Å². The Labute approximate surface area is 197 Å². The Bertz CT molecular complexity index is 1030. The van der Waals surface area contributed by atoms with Gasteiger partial charge in [-0.3, -0.25) is 10.3 Å². The van der Waals surface area contributed by atoms with Crippen LogP contribution in [0.2, 0.25) is 0 Å². The second-order valence-corrected chi connectivity index (χ2v) is 8.67. The molecule has 0 aromatic carbocycles. The number of aryl methyl sites for hydroxylation is 1. The van der Waals surface area contributed by atoms with Crippen LogP contribution in [-0.4, -0.2) is 85.2 Å². The molecule has 0 saturated carbocycles. The molecule has 1 fully saturated rings. The number of aliphatic imine (C=N–C) groups is 1. The van der Waals surface area contributed by atoms with Gasteiger partial charge in [-0.25, -0.2) is 9.78 Å². The van der Waals surface area contributed by atoms with Gasteiger partial charge in [0.1, 0.15) is 23.2 Å². The van der Waals surface area contributed by atoms with Crippen molar-refractivity contribution in [3.63, 3.8) is 0 Å². The third kappa shape index (κ3) is 5.76. The number of hydrogen-bond acceptors (Lipinski definition) is 12. The van der Waals surface area contributed by atoms with Crippen molar-refractivity contribution in [2.24, 2.45) is 4.99 Å². The third-order valence-corrected chi connectivity index (χ3v) is 6.21. The number of ether oxygens (including phenoxy) is 1. The molecule has 12 heteroatoms. The van der Waals surface area contributed by atoms with E-state index < -0.39 is 0 Å². The standard InChI is InChI=1S/C21H29N9O2S/c1-4-32-19(31)18-15(2)24-21(33-18)27-20-25-16(28(3)14-29-9-5-6-23-13-29)12-17(26-20)30-10-7-22-8-11-30/h5-6,9,12,22H,4,7-8,10-11,13-14H2,1-3H3,(H,24,25,26,27). The number of thiazole rings is 1. The van der Waals surface area contributed by atoms with E-state index in [0.717, 1.165) is 37.8 Å². The van der Waals surface area contributed by atoms with Crippen molar-refractivity contribution in [3.05, 3.63) is 28.9 Å². The van der Waals surface area contributed by atoms with Gasteiger partial charge < -0.3 is 24.8 Å². The molecule has 0 atom stereocenters. The molecule has 0 bridgehead atoms. The normalized spacial score (nSPS) is 15.6. The summed E-state index contributed by atoms with van der Waals surface area (Å²) in [6.45, 7) is 8.69. The maximum absolute atomic E-state index is 12.2. The first-order chi connectivity index (χ1) is 16.0. The van der Waals surface area contributed by atoms with Crippen molar-refractivity contribution in [1.82, 2.24) is 25.2 Å². The zero-order chi connectivity index (χ0) is 23.2. The Morgan fingerprint density at radius 2 is 2.12 bits per heavy atom. The maximum atomic E-state index is 12.2. The third-order valence-electron chi connectivity index (χ3n) is 5.15. The first kappa shape index (κ1) is 22.9. The van der Waals surface area contributed by atoms with Crippen LogP contribution < -0.4 is 20.4 Å². The number of aromatic nitrogens is 3. The second-order valence-electron chi connectivity index (χ2n) is 7.67. The van der Waals surface area contributed by atoms with Gasteiger partial charge in [-0.2, -0.15) is 9.97 Å². The van der Waals surface area contributed by atoms with Crippen LogP contribution >= 0.6 is 11.3 Å². The summed E-state index contributed by atoms with van der Waals surface area (Å²) in [7, 11) is 1.99. The second kappa shape index (κ2) is 10.6. The summed E-state index contributed by atoms with van der Waals surface area (Å²) in [4.78, 5) is 37.3. The van der Waals surface area contributed by atoms with Gasteiger partial charge in [-0.15, -0.1) is 0 Å². The van der Waals surface area contributed by atoms with Gasteiger partial charge in [-0.1, -0.05) is 11.3 Å². The minimum atomic E-state index is -0.367. The predicted octanol–water partition coefficient (Wildman–Crippen LogP) is 1.82. The zero-order valence-corrected chi connectivity index (χ0v) is 19.9. The number of anilines is 4. The lowest BCUT2D eigenvalue weighted by Gasteiger charge is -2.31. The molecule has 1 saturated heterocycles. The summed E-state index contributed by atoms with van der Waals surface area (Å²) < 4.78 is 5.13. The van der Waals surface area contributed by atoms with E-state index in [1.807, 2.05) is 25.4 Å². The van der Waals surface area contributed by atoms with Gasteiger partial charge in [0.05, 0.1) is 19.0 Å². The Hall–Kier alpha value is -3.25. The van der Waals surface area contributed by atoms with Crippen molar-refractivity contribution < 1.29 is 9.53 Å². The fourth-order valence-electron chi connectivity index (χ4n) is 3.52.